The van der Waals surface area contributed by atoms with Gasteiger partial charge in [-0.3, -0.25) is 9.89 Å². The zero-order chi connectivity index (χ0) is 20.8. The van der Waals surface area contributed by atoms with Crippen molar-refractivity contribution in [3.63, 3.8) is 0 Å². The number of likely N-dealkylation sites (tertiary alicyclic amines) is 1. The molecule has 2 aliphatic rings. The highest BCUT2D eigenvalue weighted by molar-refractivity contribution is 7.14. The van der Waals surface area contributed by atoms with Crippen molar-refractivity contribution in [3.8, 4) is 0 Å². The monoisotopic (exact) mass is 446 g/mol. The summed E-state index contributed by atoms with van der Waals surface area (Å²) in [6.45, 7) is 13.6. The van der Waals surface area contributed by atoms with E-state index in [1.807, 2.05) is 11.3 Å². The Labute approximate surface area is 188 Å². The average molecular weight is 447 g/mol. The molecule has 0 spiro atoms. The maximum Gasteiger partial charge on any atom is 0.194 e. The lowest BCUT2D eigenvalue weighted by Gasteiger charge is -2.37. The van der Waals surface area contributed by atoms with Gasteiger partial charge in [0.05, 0.1) is 15.7 Å². The summed E-state index contributed by atoms with van der Waals surface area (Å²) < 4.78 is 0. The van der Waals surface area contributed by atoms with E-state index < -0.39 is 0 Å². The fraction of sp³-hybridized carbons (Fsp3) is 0.636. The number of nitrogens with zero attached hydrogens (tertiary/aromatic N) is 5. The molecule has 164 valence electrons. The van der Waals surface area contributed by atoms with Gasteiger partial charge in [-0.2, -0.15) is 0 Å². The minimum Gasteiger partial charge on any atom is -0.360 e. The first-order chi connectivity index (χ1) is 14.7. The molecule has 0 bridgehead atoms. The summed E-state index contributed by atoms with van der Waals surface area (Å²) in [5.41, 5.74) is 1.23. The quantitative estimate of drug-likeness (QED) is 0.543. The Morgan fingerprint density at radius 2 is 1.97 bits per heavy atom. The number of thiazole rings is 1. The number of thiophene rings is 1. The van der Waals surface area contributed by atoms with Gasteiger partial charge in [0.2, 0.25) is 0 Å². The molecule has 0 aromatic carbocycles. The number of hydrogen-bond acceptors (Lipinski definition) is 6. The summed E-state index contributed by atoms with van der Waals surface area (Å²) in [6.07, 6.45) is 2.47. The van der Waals surface area contributed by atoms with E-state index in [0.717, 1.165) is 64.9 Å². The first-order valence-corrected chi connectivity index (χ1v) is 12.9. The van der Waals surface area contributed by atoms with Crippen molar-refractivity contribution in [1.82, 2.24) is 20.1 Å². The Morgan fingerprint density at radius 1 is 1.17 bits per heavy atom. The second kappa shape index (κ2) is 10.6. The van der Waals surface area contributed by atoms with Crippen LogP contribution in [0.1, 0.15) is 30.5 Å². The molecule has 0 unspecified atom stereocenters. The van der Waals surface area contributed by atoms with Crippen molar-refractivity contribution in [2.45, 2.75) is 33.2 Å². The van der Waals surface area contributed by atoms with Crippen molar-refractivity contribution in [3.05, 3.63) is 33.6 Å². The van der Waals surface area contributed by atoms with Crippen LogP contribution in [-0.4, -0.2) is 73.1 Å². The molecule has 2 aromatic heterocycles. The van der Waals surface area contributed by atoms with E-state index in [2.05, 4.69) is 61.7 Å². The molecule has 4 rings (SSSR count). The summed E-state index contributed by atoms with van der Waals surface area (Å²) >= 11 is 3.59. The molecular formula is C22H34N6S2. The fourth-order valence-corrected chi connectivity index (χ4v) is 5.66. The Morgan fingerprint density at radius 3 is 2.60 bits per heavy atom. The number of rotatable bonds is 6. The maximum absolute atomic E-state index is 5.05. The highest BCUT2D eigenvalue weighted by atomic mass is 32.1. The Hall–Kier alpha value is -1.64. The van der Waals surface area contributed by atoms with Gasteiger partial charge in [-0.1, -0.05) is 0 Å². The van der Waals surface area contributed by atoms with Gasteiger partial charge < -0.3 is 15.1 Å². The van der Waals surface area contributed by atoms with Gasteiger partial charge in [0.1, 0.15) is 0 Å². The number of nitrogens with one attached hydrogen (secondary N) is 1. The van der Waals surface area contributed by atoms with E-state index in [0.29, 0.717) is 5.92 Å². The molecule has 0 aliphatic carbocycles. The molecule has 0 atom stereocenters. The van der Waals surface area contributed by atoms with Crippen LogP contribution in [0.15, 0.2) is 27.9 Å². The van der Waals surface area contributed by atoms with Crippen molar-refractivity contribution in [1.29, 1.82) is 0 Å². The summed E-state index contributed by atoms with van der Waals surface area (Å²) in [7, 11) is 0. The van der Waals surface area contributed by atoms with Crippen LogP contribution < -0.4 is 10.2 Å². The molecule has 30 heavy (non-hydrogen) atoms. The second-order valence-corrected chi connectivity index (χ2v) is 10.2. The third-order valence-corrected chi connectivity index (χ3v) is 7.74. The number of hydrogen-bond donors (Lipinski definition) is 1. The molecule has 8 heteroatoms. The predicted molar refractivity (Wildman–Crippen MR) is 129 cm³/mol. The second-order valence-electron chi connectivity index (χ2n) is 8.20. The molecule has 0 radical (unpaired) electrons. The number of aliphatic imine (C=N–C) groups is 1. The third kappa shape index (κ3) is 5.74. The predicted octanol–water partition coefficient (Wildman–Crippen LogP) is 3.51. The Bertz CT molecular complexity index is 786. The summed E-state index contributed by atoms with van der Waals surface area (Å²) in [5.74, 6) is 1.79. The standard InChI is InChI=1S/C22H34N6S2/c1-3-23-22(28-12-10-27(11-13-28)21-5-4-14-29-21)24-15-19-6-8-26(9-7-19)16-20-17-30-18(2)25-20/h4-5,14,17,19H,3,6-13,15-16H2,1-2H3,(H,23,24). The minimum atomic E-state index is 0.694. The lowest BCUT2D eigenvalue weighted by Crippen LogP contribution is -2.52. The van der Waals surface area contributed by atoms with E-state index in [9.17, 15) is 0 Å². The van der Waals surface area contributed by atoms with Gasteiger partial charge in [-0.05, 0) is 63.2 Å². The smallest absolute Gasteiger partial charge is 0.194 e. The molecule has 2 aromatic rings. The first kappa shape index (κ1) is 21.6. The zero-order valence-electron chi connectivity index (χ0n) is 18.2. The number of aromatic nitrogens is 1. The highest BCUT2D eigenvalue weighted by Crippen LogP contribution is 2.23. The molecule has 4 heterocycles. The highest BCUT2D eigenvalue weighted by Gasteiger charge is 2.22. The summed E-state index contributed by atoms with van der Waals surface area (Å²) in [4.78, 5) is 17.1. The first-order valence-electron chi connectivity index (χ1n) is 11.2. The van der Waals surface area contributed by atoms with Crippen molar-refractivity contribution < 1.29 is 0 Å². The van der Waals surface area contributed by atoms with Crippen LogP contribution in [0.25, 0.3) is 0 Å². The number of aryl methyl sites for hydroxylation is 1. The van der Waals surface area contributed by atoms with Crippen LogP contribution in [0.4, 0.5) is 5.00 Å². The van der Waals surface area contributed by atoms with E-state index >= 15 is 0 Å². The molecule has 2 saturated heterocycles. The van der Waals surface area contributed by atoms with Gasteiger partial charge in [-0.25, -0.2) is 4.98 Å². The van der Waals surface area contributed by atoms with E-state index in [4.69, 9.17) is 4.99 Å². The maximum atomic E-state index is 5.05. The van der Waals surface area contributed by atoms with Crippen LogP contribution >= 0.6 is 22.7 Å². The summed E-state index contributed by atoms with van der Waals surface area (Å²) in [5, 5.41) is 10.4. The zero-order valence-corrected chi connectivity index (χ0v) is 19.9. The van der Waals surface area contributed by atoms with Crippen molar-refractivity contribution >= 4 is 33.6 Å². The molecule has 1 N–H and O–H groups in total. The van der Waals surface area contributed by atoms with Crippen molar-refractivity contribution in [2.75, 3.05) is 57.3 Å². The van der Waals surface area contributed by atoms with Gasteiger partial charge in [0, 0.05) is 51.2 Å². The van der Waals surface area contributed by atoms with E-state index in [-0.39, 0.29) is 0 Å². The molecule has 0 saturated carbocycles. The number of piperidine rings is 1. The number of piperazine rings is 1. The average Bonchev–Trinajstić information content (AvgIpc) is 3.44. The van der Waals surface area contributed by atoms with Crippen LogP contribution in [-0.2, 0) is 6.54 Å². The Balaban J connectivity index is 1.24. The topological polar surface area (TPSA) is 47.0 Å². The Kier molecular flexibility index (Phi) is 7.62. The van der Waals surface area contributed by atoms with Crippen LogP contribution in [0, 0.1) is 12.8 Å². The SMILES string of the molecule is CCNC(=NCC1CCN(Cc2csc(C)n2)CC1)N1CCN(c2cccs2)CC1. The van der Waals surface area contributed by atoms with Gasteiger partial charge >= 0.3 is 0 Å². The normalized spacial score (nSPS) is 19.5. The largest absolute Gasteiger partial charge is 0.360 e. The van der Waals surface area contributed by atoms with Crippen LogP contribution in [0.3, 0.4) is 0 Å². The number of guanidine groups is 1. The molecular weight excluding hydrogens is 412 g/mol. The molecule has 0 amide bonds. The fourth-order valence-electron chi connectivity index (χ4n) is 4.27. The van der Waals surface area contributed by atoms with E-state index in [1.165, 1.54) is 28.5 Å². The molecule has 2 aliphatic heterocycles. The van der Waals surface area contributed by atoms with Crippen LogP contribution in [0.5, 0.6) is 0 Å². The van der Waals surface area contributed by atoms with Gasteiger partial charge in [-0.15, -0.1) is 22.7 Å². The van der Waals surface area contributed by atoms with Gasteiger partial charge in [0.25, 0.3) is 0 Å². The molecule has 6 nitrogen and oxygen atoms in total. The summed E-state index contributed by atoms with van der Waals surface area (Å²) in [6, 6.07) is 4.36. The molecule has 2 fully saturated rings. The van der Waals surface area contributed by atoms with Gasteiger partial charge in [0.15, 0.2) is 5.96 Å². The van der Waals surface area contributed by atoms with Crippen molar-refractivity contribution in [2.24, 2.45) is 10.9 Å². The lowest BCUT2D eigenvalue weighted by molar-refractivity contribution is 0.179. The van der Waals surface area contributed by atoms with Crippen LogP contribution in [0.2, 0.25) is 0 Å². The van der Waals surface area contributed by atoms with E-state index in [1.54, 1.807) is 11.3 Å². The minimum absolute atomic E-state index is 0.694. The number of anilines is 1. The third-order valence-electron chi connectivity index (χ3n) is 5.99. The lowest BCUT2D eigenvalue weighted by atomic mass is 9.97.